The molecule has 1 fully saturated rings. The number of thioether (sulfide) groups is 1. The Hall–Kier alpha value is -0.0300. The maximum atomic E-state index is 5.95. The third-order valence-electron chi connectivity index (χ3n) is 3.27. The molecule has 2 rings (SSSR count). The zero-order chi connectivity index (χ0) is 10.7. The summed E-state index contributed by atoms with van der Waals surface area (Å²) in [5.74, 6) is 2.44. The normalized spacial score (nSPS) is 26.3. The number of nitrogens with two attached hydrogens (primary N) is 1. The molecule has 0 bridgehead atoms. The van der Waals surface area contributed by atoms with Crippen LogP contribution in [-0.4, -0.2) is 35.5 Å². The number of nitrogens with zero attached hydrogens (tertiary/aromatic N) is 1. The molecule has 1 atom stereocenters. The van der Waals surface area contributed by atoms with Crippen molar-refractivity contribution in [2.45, 2.75) is 18.5 Å². The molecule has 1 aliphatic rings. The average molecular weight is 242 g/mol. The molecule has 1 saturated heterocycles. The van der Waals surface area contributed by atoms with Crippen molar-refractivity contribution in [1.29, 1.82) is 0 Å². The third-order valence-corrected chi connectivity index (χ3v) is 5.24. The molecule has 2 N–H and O–H groups in total. The molecule has 15 heavy (non-hydrogen) atoms. The van der Waals surface area contributed by atoms with Crippen LogP contribution >= 0.6 is 23.1 Å². The molecular formula is C11H18N2S2. The minimum Gasteiger partial charge on any atom is -0.329 e. The Bertz CT molecular complexity index is 292. The van der Waals surface area contributed by atoms with Crippen LogP contribution < -0.4 is 5.73 Å². The second kappa shape index (κ2) is 4.87. The van der Waals surface area contributed by atoms with E-state index in [9.17, 15) is 0 Å². The Morgan fingerprint density at radius 3 is 3.00 bits per heavy atom. The third kappa shape index (κ3) is 2.38. The number of rotatable bonds is 4. The highest BCUT2D eigenvalue weighted by Gasteiger charge is 2.36. The maximum Gasteiger partial charge on any atom is 0.0430 e. The zero-order valence-corrected chi connectivity index (χ0v) is 10.7. The van der Waals surface area contributed by atoms with Gasteiger partial charge in [0, 0.05) is 24.4 Å². The first-order valence-electron chi connectivity index (χ1n) is 5.27. The fourth-order valence-electron chi connectivity index (χ4n) is 2.04. The van der Waals surface area contributed by atoms with Gasteiger partial charge in [0.25, 0.3) is 0 Å². The maximum absolute atomic E-state index is 5.95. The van der Waals surface area contributed by atoms with Crippen molar-refractivity contribution in [3.8, 4) is 0 Å². The van der Waals surface area contributed by atoms with Crippen LogP contribution in [0.2, 0.25) is 0 Å². The van der Waals surface area contributed by atoms with Crippen molar-refractivity contribution < 1.29 is 0 Å². The van der Waals surface area contributed by atoms with Crippen LogP contribution in [0.3, 0.4) is 0 Å². The molecule has 84 valence electrons. The minimum atomic E-state index is 0.243. The molecule has 0 amide bonds. The van der Waals surface area contributed by atoms with E-state index in [4.69, 9.17) is 5.73 Å². The minimum absolute atomic E-state index is 0.243. The lowest BCUT2D eigenvalue weighted by atomic mass is 9.97. The van der Waals surface area contributed by atoms with Crippen molar-refractivity contribution in [2.24, 2.45) is 5.73 Å². The Morgan fingerprint density at radius 2 is 2.47 bits per heavy atom. The first-order valence-corrected chi connectivity index (χ1v) is 7.37. The summed E-state index contributed by atoms with van der Waals surface area (Å²) in [5, 5.41) is 4.37. The van der Waals surface area contributed by atoms with Gasteiger partial charge in [-0.15, -0.1) is 0 Å². The fourth-order valence-corrected chi connectivity index (χ4v) is 4.23. The number of thiophene rings is 1. The Kier molecular flexibility index (Phi) is 3.72. The molecule has 0 aliphatic carbocycles. The summed E-state index contributed by atoms with van der Waals surface area (Å²) in [4.78, 5) is 2.44. The van der Waals surface area contributed by atoms with E-state index in [1.165, 1.54) is 23.5 Å². The van der Waals surface area contributed by atoms with Crippen LogP contribution in [0.4, 0.5) is 0 Å². The average Bonchev–Trinajstić information content (AvgIpc) is 2.87. The van der Waals surface area contributed by atoms with Crippen molar-refractivity contribution in [3.63, 3.8) is 0 Å². The van der Waals surface area contributed by atoms with Gasteiger partial charge in [-0.3, -0.25) is 4.90 Å². The van der Waals surface area contributed by atoms with Gasteiger partial charge in [-0.25, -0.2) is 0 Å². The van der Waals surface area contributed by atoms with Gasteiger partial charge in [-0.1, -0.05) is 0 Å². The summed E-state index contributed by atoms with van der Waals surface area (Å²) in [6.07, 6.45) is 1.23. The van der Waals surface area contributed by atoms with E-state index in [1.807, 2.05) is 11.8 Å². The van der Waals surface area contributed by atoms with Crippen molar-refractivity contribution >= 4 is 23.1 Å². The summed E-state index contributed by atoms with van der Waals surface area (Å²) in [7, 11) is 2.20. The molecule has 0 spiro atoms. The van der Waals surface area contributed by atoms with Gasteiger partial charge >= 0.3 is 0 Å². The molecular weight excluding hydrogens is 224 g/mol. The van der Waals surface area contributed by atoms with Crippen LogP contribution in [0.1, 0.15) is 12.0 Å². The highest BCUT2D eigenvalue weighted by atomic mass is 32.2. The van der Waals surface area contributed by atoms with Gasteiger partial charge in [0.1, 0.15) is 0 Å². The van der Waals surface area contributed by atoms with Crippen LogP contribution in [0.15, 0.2) is 16.8 Å². The number of hydrogen-bond donors (Lipinski definition) is 1. The molecule has 1 aromatic rings. The lowest BCUT2D eigenvalue weighted by molar-refractivity contribution is 0.143. The Balaban J connectivity index is 2.02. The van der Waals surface area contributed by atoms with E-state index in [2.05, 4.69) is 28.8 Å². The highest BCUT2D eigenvalue weighted by Crippen LogP contribution is 2.32. The van der Waals surface area contributed by atoms with E-state index in [0.717, 1.165) is 13.1 Å². The quantitative estimate of drug-likeness (QED) is 0.876. The number of likely N-dealkylation sites (N-methyl/N-ethyl adjacent to an activating group) is 1. The lowest BCUT2D eigenvalue weighted by Crippen LogP contribution is -2.51. The van der Waals surface area contributed by atoms with Crippen molar-refractivity contribution in [3.05, 3.63) is 22.4 Å². The molecule has 0 radical (unpaired) electrons. The van der Waals surface area contributed by atoms with E-state index in [0.29, 0.717) is 0 Å². The SMILES string of the molecule is CN(Cc1ccsc1)C1(CN)CCSC1. The summed E-state index contributed by atoms with van der Waals surface area (Å²) < 4.78 is 0. The van der Waals surface area contributed by atoms with E-state index in [-0.39, 0.29) is 5.54 Å². The van der Waals surface area contributed by atoms with Crippen LogP contribution in [0.25, 0.3) is 0 Å². The van der Waals surface area contributed by atoms with Gasteiger partial charge < -0.3 is 5.73 Å². The van der Waals surface area contributed by atoms with Gasteiger partial charge in [0.2, 0.25) is 0 Å². The van der Waals surface area contributed by atoms with Crippen LogP contribution in [0, 0.1) is 0 Å². The zero-order valence-electron chi connectivity index (χ0n) is 9.11. The van der Waals surface area contributed by atoms with Gasteiger partial charge in [-0.2, -0.15) is 23.1 Å². The number of hydrogen-bond acceptors (Lipinski definition) is 4. The predicted molar refractivity (Wildman–Crippen MR) is 69.5 cm³/mol. The van der Waals surface area contributed by atoms with Crippen LogP contribution in [-0.2, 0) is 6.54 Å². The smallest absolute Gasteiger partial charge is 0.0430 e. The van der Waals surface area contributed by atoms with Gasteiger partial charge in [-0.05, 0) is 41.6 Å². The lowest BCUT2D eigenvalue weighted by Gasteiger charge is -2.37. The molecule has 0 aromatic carbocycles. The molecule has 4 heteroatoms. The molecule has 1 aromatic heterocycles. The largest absolute Gasteiger partial charge is 0.329 e. The van der Waals surface area contributed by atoms with Crippen molar-refractivity contribution in [1.82, 2.24) is 4.90 Å². The van der Waals surface area contributed by atoms with E-state index < -0.39 is 0 Å². The fraction of sp³-hybridized carbons (Fsp3) is 0.636. The Morgan fingerprint density at radius 1 is 1.60 bits per heavy atom. The predicted octanol–water partition coefficient (Wildman–Crippen LogP) is 2.01. The van der Waals surface area contributed by atoms with Crippen LogP contribution in [0.5, 0.6) is 0 Å². The van der Waals surface area contributed by atoms with Crippen molar-refractivity contribution in [2.75, 3.05) is 25.1 Å². The van der Waals surface area contributed by atoms with Gasteiger partial charge in [0.05, 0.1) is 0 Å². The highest BCUT2D eigenvalue weighted by molar-refractivity contribution is 7.99. The second-order valence-corrected chi connectivity index (χ2v) is 6.10. The summed E-state index contributed by atoms with van der Waals surface area (Å²) in [6, 6.07) is 2.20. The topological polar surface area (TPSA) is 29.3 Å². The summed E-state index contributed by atoms with van der Waals surface area (Å²) in [6.45, 7) is 1.81. The van der Waals surface area contributed by atoms with E-state index in [1.54, 1.807) is 11.3 Å². The monoisotopic (exact) mass is 242 g/mol. The molecule has 1 unspecified atom stereocenters. The molecule has 2 nitrogen and oxygen atoms in total. The Labute approximate surface area is 99.8 Å². The molecule has 0 saturated carbocycles. The molecule has 1 aliphatic heterocycles. The first-order chi connectivity index (χ1) is 7.27. The standard InChI is InChI=1S/C11H18N2S2/c1-13(6-10-2-4-14-7-10)11(8-12)3-5-15-9-11/h2,4,7H,3,5-6,8-9,12H2,1H3. The second-order valence-electron chi connectivity index (χ2n) is 4.22. The molecule has 2 heterocycles. The summed E-state index contributed by atoms with van der Waals surface area (Å²) in [5.41, 5.74) is 7.60. The van der Waals surface area contributed by atoms with Gasteiger partial charge in [0.15, 0.2) is 0 Å². The summed E-state index contributed by atoms with van der Waals surface area (Å²) >= 11 is 3.79. The first kappa shape index (κ1) is 11.5. The van der Waals surface area contributed by atoms with E-state index >= 15 is 0 Å².